The van der Waals surface area contributed by atoms with E-state index in [0.717, 1.165) is 56.8 Å². The van der Waals surface area contributed by atoms with E-state index in [4.69, 9.17) is 19.0 Å². The van der Waals surface area contributed by atoms with Crippen LogP contribution in [0.1, 0.15) is 37.6 Å². The topological polar surface area (TPSA) is 85.5 Å². The molecule has 2 aromatic rings. The van der Waals surface area contributed by atoms with Gasteiger partial charge in [0.25, 0.3) is 0 Å². The maximum absolute atomic E-state index is 5.69. The lowest BCUT2D eigenvalue weighted by Crippen LogP contribution is -2.39. The fourth-order valence-corrected chi connectivity index (χ4v) is 3.99. The van der Waals surface area contributed by atoms with E-state index in [1.54, 1.807) is 13.3 Å². The monoisotopic (exact) mass is 373 g/mol. The number of aromatic nitrogens is 3. The Labute approximate surface area is 159 Å². The van der Waals surface area contributed by atoms with Gasteiger partial charge in [-0.25, -0.2) is 4.98 Å². The predicted octanol–water partition coefficient (Wildman–Crippen LogP) is 2.51. The standard InChI is InChI=1S/C19H27N5O3/c1-25-13-9-21-17-15(4-2-8-20-17)18-22-19(27-23-18)16-5-3-10-24(16)14-6-11-26-12-7-14/h2,4,8,14,16H,3,5-7,9-13H2,1H3,(H,20,21)/t16-/m1/s1. The molecule has 0 aliphatic carbocycles. The summed E-state index contributed by atoms with van der Waals surface area (Å²) >= 11 is 0. The van der Waals surface area contributed by atoms with Crippen LogP contribution < -0.4 is 5.32 Å². The van der Waals surface area contributed by atoms with Gasteiger partial charge in [-0.2, -0.15) is 4.98 Å². The smallest absolute Gasteiger partial charge is 0.244 e. The predicted molar refractivity (Wildman–Crippen MR) is 100 cm³/mol. The summed E-state index contributed by atoms with van der Waals surface area (Å²) in [7, 11) is 1.68. The number of rotatable bonds is 7. The molecule has 0 bridgehead atoms. The van der Waals surface area contributed by atoms with E-state index >= 15 is 0 Å². The van der Waals surface area contributed by atoms with Gasteiger partial charge in [0.1, 0.15) is 5.82 Å². The normalized spacial score (nSPS) is 21.6. The highest BCUT2D eigenvalue weighted by Crippen LogP contribution is 2.36. The highest BCUT2D eigenvalue weighted by Gasteiger charge is 2.36. The van der Waals surface area contributed by atoms with E-state index in [1.807, 2.05) is 12.1 Å². The van der Waals surface area contributed by atoms with Crippen LogP contribution in [0.25, 0.3) is 11.4 Å². The van der Waals surface area contributed by atoms with Gasteiger partial charge in [0.2, 0.25) is 11.7 Å². The third kappa shape index (κ3) is 4.12. The third-order valence-electron chi connectivity index (χ3n) is 5.33. The van der Waals surface area contributed by atoms with Crippen molar-refractivity contribution in [2.45, 2.75) is 37.8 Å². The molecule has 0 spiro atoms. The minimum atomic E-state index is 0.205. The fourth-order valence-electron chi connectivity index (χ4n) is 3.99. The summed E-state index contributed by atoms with van der Waals surface area (Å²) in [5.41, 5.74) is 0.846. The van der Waals surface area contributed by atoms with E-state index in [0.29, 0.717) is 30.9 Å². The van der Waals surface area contributed by atoms with Gasteiger partial charge < -0.3 is 19.3 Å². The zero-order valence-electron chi connectivity index (χ0n) is 15.8. The summed E-state index contributed by atoms with van der Waals surface area (Å²) in [6, 6.07) is 4.60. The van der Waals surface area contributed by atoms with Crippen molar-refractivity contribution in [1.29, 1.82) is 0 Å². The van der Waals surface area contributed by atoms with E-state index in [2.05, 4.69) is 20.4 Å². The van der Waals surface area contributed by atoms with Crippen molar-refractivity contribution in [1.82, 2.24) is 20.0 Å². The second-order valence-electron chi connectivity index (χ2n) is 7.01. The molecule has 0 saturated carbocycles. The van der Waals surface area contributed by atoms with Crippen LogP contribution in [0.4, 0.5) is 5.82 Å². The van der Waals surface area contributed by atoms with Crippen molar-refractivity contribution in [2.75, 3.05) is 45.3 Å². The minimum Gasteiger partial charge on any atom is -0.383 e. The molecular weight excluding hydrogens is 346 g/mol. The van der Waals surface area contributed by atoms with Crippen LogP contribution in [0.15, 0.2) is 22.9 Å². The first kappa shape index (κ1) is 18.3. The Bertz CT molecular complexity index is 732. The van der Waals surface area contributed by atoms with Crippen LogP contribution in [-0.4, -0.2) is 66.1 Å². The number of nitrogens with one attached hydrogen (secondary N) is 1. The fraction of sp³-hybridized carbons (Fsp3) is 0.632. The number of anilines is 1. The van der Waals surface area contributed by atoms with Gasteiger partial charge in [0, 0.05) is 39.1 Å². The summed E-state index contributed by atoms with van der Waals surface area (Å²) in [4.78, 5) is 11.7. The summed E-state index contributed by atoms with van der Waals surface area (Å²) in [6.07, 6.45) is 6.13. The van der Waals surface area contributed by atoms with Gasteiger partial charge in [-0.05, 0) is 44.4 Å². The Hall–Kier alpha value is -2.03. The molecule has 1 atom stereocenters. The van der Waals surface area contributed by atoms with Gasteiger partial charge in [-0.3, -0.25) is 4.90 Å². The van der Waals surface area contributed by atoms with Crippen LogP contribution in [0.5, 0.6) is 0 Å². The zero-order valence-corrected chi connectivity index (χ0v) is 15.8. The Balaban J connectivity index is 1.51. The number of nitrogens with zero attached hydrogens (tertiary/aromatic N) is 4. The molecule has 0 amide bonds. The molecule has 8 heteroatoms. The van der Waals surface area contributed by atoms with Crippen LogP contribution >= 0.6 is 0 Å². The van der Waals surface area contributed by atoms with Crippen LogP contribution in [-0.2, 0) is 9.47 Å². The molecule has 0 aromatic carbocycles. The Morgan fingerprint density at radius 1 is 1.30 bits per heavy atom. The van der Waals surface area contributed by atoms with Crippen molar-refractivity contribution in [3.8, 4) is 11.4 Å². The number of hydrogen-bond donors (Lipinski definition) is 1. The summed E-state index contributed by atoms with van der Waals surface area (Å²) in [6.45, 7) is 4.05. The first-order valence-corrected chi connectivity index (χ1v) is 9.72. The second kappa shape index (κ2) is 8.77. The molecule has 0 unspecified atom stereocenters. The van der Waals surface area contributed by atoms with Gasteiger partial charge in [0.15, 0.2) is 0 Å². The number of likely N-dealkylation sites (tertiary alicyclic amines) is 1. The Kier molecular flexibility index (Phi) is 5.96. The van der Waals surface area contributed by atoms with E-state index < -0.39 is 0 Å². The van der Waals surface area contributed by atoms with Crippen molar-refractivity contribution >= 4 is 5.82 Å². The molecule has 4 heterocycles. The van der Waals surface area contributed by atoms with Gasteiger partial charge >= 0.3 is 0 Å². The highest BCUT2D eigenvalue weighted by molar-refractivity contribution is 5.69. The van der Waals surface area contributed by atoms with E-state index in [1.165, 1.54) is 0 Å². The van der Waals surface area contributed by atoms with Gasteiger partial charge in [0.05, 0.1) is 18.2 Å². The lowest BCUT2D eigenvalue weighted by Gasteiger charge is -2.33. The maximum Gasteiger partial charge on any atom is 0.244 e. The van der Waals surface area contributed by atoms with Crippen LogP contribution in [0, 0.1) is 0 Å². The quantitative estimate of drug-likeness (QED) is 0.741. The molecule has 2 saturated heterocycles. The van der Waals surface area contributed by atoms with Crippen LogP contribution in [0.2, 0.25) is 0 Å². The molecule has 2 fully saturated rings. The number of methoxy groups -OCH3 is 1. The summed E-state index contributed by atoms with van der Waals surface area (Å²) < 4.78 is 16.3. The van der Waals surface area contributed by atoms with Gasteiger partial charge in [-0.1, -0.05) is 5.16 Å². The molecule has 2 aromatic heterocycles. The average Bonchev–Trinajstić information content (AvgIpc) is 3.39. The maximum atomic E-state index is 5.69. The van der Waals surface area contributed by atoms with Crippen molar-refractivity contribution in [3.05, 3.63) is 24.2 Å². The lowest BCUT2D eigenvalue weighted by molar-refractivity contribution is 0.0243. The van der Waals surface area contributed by atoms with Gasteiger partial charge in [-0.15, -0.1) is 0 Å². The molecule has 27 heavy (non-hydrogen) atoms. The number of ether oxygens (including phenoxy) is 2. The summed E-state index contributed by atoms with van der Waals surface area (Å²) in [5.74, 6) is 2.03. The van der Waals surface area contributed by atoms with Crippen molar-refractivity contribution in [2.24, 2.45) is 0 Å². The Morgan fingerprint density at radius 3 is 3.04 bits per heavy atom. The molecular formula is C19H27N5O3. The molecule has 2 aliphatic heterocycles. The SMILES string of the molecule is COCCNc1ncccc1-c1noc([C@H]2CCCN2C2CCOCC2)n1. The zero-order chi connectivity index (χ0) is 18.5. The highest BCUT2D eigenvalue weighted by atomic mass is 16.5. The molecule has 0 radical (unpaired) electrons. The van der Waals surface area contributed by atoms with E-state index in [9.17, 15) is 0 Å². The average molecular weight is 373 g/mol. The number of hydrogen-bond acceptors (Lipinski definition) is 8. The first-order chi connectivity index (χ1) is 13.4. The first-order valence-electron chi connectivity index (χ1n) is 9.72. The molecule has 4 rings (SSSR count). The molecule has 1 N–H and O–H groups in total. The third-order valence-corrected chi connectivity index (χ3v) is 5.33. The summed E-state index contributed by atoms with van der Waals surface area (Å²) in [5, 5.41) is 7.52. The van der Waals surface area contributed by atoms with Crippen molar-refractivity contribution < 1.29 is 14.0 Å². The van der Waals surface area contributed by atoms with Crippen molar-refractivity contribution in [3.63, 3.8) is 0 Å². The van der Waals surface area contributed by atoms with Crippen LogP contribution in [0.3, 0.4) is 0 Å². The second-order valence-corrected chi connectivity index (χ2v) is 7.01. The molecule has 2 aliphatic rings. The largest absolute Gasteiger partial charge is 0.383 e. The number of pyridine rings is 1. The lowest BCUT2D eigenvalue weighted by atomic mass is 10.1. The molecule has 8 nitrogen and oxygen atoms in total. The molecule has 146 valence electrons. The van der Waals surface area contributed by atoms with E-state index in [-0.39, 0.29) is 6.04 Å². The minimum absolute atomic E-state index is 0.205. The Morgan fingerprint density at radius 2 is 2.19 bits per heavy atom.